The maximum absolute atomic E-state index is 11.7. The highest BCUT2D eigenvalue weighted by atomic mass is 16.4. The van der Waals surface area contributed by atoms with Crippen LogP contribution in [-0.2, 0) is 9.59 Å². The number of aliphatic hydroxyl groups is 1. The molecule has 0 aromatic heterocycles. The molecule has 0 spiro atoms. The van der Waals surface area contributed by atoms with Crippen molar-refractivity contribution in [3.05, 3.63) is 71.9 Å². The summed E-state index contributed by atoms with van der Waals surface area (Å²) in [5.41, 5.74) is 0.0840. The lowest BCUT2D eigenvalue weighted by atomic mass is 10.1. The normalized spacial score (nSPS) is 12.0. The first-order chi connectivity index (χ1) is 10.6. The monoisotopic (exact) mass is 296 g/mol. The lowest BCUT2D eigenvalue weighted by Crippen LogP contribution is -2.15. The van der Waals surface area contributed by atoms with E-state index >= 15 is 0 Å². The van der Waals surface area contributed by atoms with E-state index in [2.05, 4.69) is 10.2 Å². The van der Waals surface area contributed by atoms with Crippen molar-refractivity contribution in [1.29, 1.82) is 0 Å². The van der Waals surface area contributed by atoms with Crippen molar-refractivity contribution in [2.75, 3.05) is 0 Å². The molecule has 0 saturated carbocycles. The van der Waals surface area contributed by atoms with E-state index in [1.165, 1.54) is 12.1 Å². The largest absolute Gasteiger partial charge is 0.505 e. The number of azo groups is 1. The highest BCUT2D eigenvalue weighted by molar-refractivity contribution is 6.40. The maximum Gasteiger partial charge on any atom is 0.379 e. The van der Waals surface area contributed by atoms with Crippen LogP contribution in [0.1, 0.15) is 5.56 Å². The summed E-state index contributed by atoms with van der Waals surface area (Å²) < 4.78 is 0. The van der Waals surface area contributed by atoms with Gasteiger partial charge in [-0.25, -0.2) is 4.79 Å². The Labute approximate surface area is 126 Å². The summed E-state index contributed by atoms with van der Waals surface area (Å²) in [5.74, 6) is -3.58. The Hall–Kier alpha value is -3.28. The smallest absolute Gasteiger partial charge is 0.379 e. The highest BCUT2D eigenvalue weighted by Gasteiger charge is 2.23. The van der Waals surface area contributed by atoms with Gasteiger partial charge in [-0.2, -0.15) is 5.11 Å². The predicted molar refractivity (Wildman–Crippen MR) is 79.6 cm³/mol. The van der Waals surface area contributed by atoms with Crippen molar-refractivity contribution >= 4 is 23.2 Å². The van der Waals surface area contributed by atoms with Crippen LogP contribution in [0.15, 0.2) is 76.6 Å². The Morgan fingerprint density at radius 1 is 0.818 bits per heavy atom. The first-order valence-corrected chi connectivity index (χ1v) is 6.32. The number of hydrogen-bond acceptors (Lipinski definition) is 5. The summed E-state index contributed by atoms with van der Waals surface area (Å²) in [6.45, 7) is 0. The van der Waals surface area contributed by atoms with E-state index in [1.807, 2.05) is 0 Å². The van der Waals surface area contributed by atoms with Gasteiger partial charge in [0.15, 0.2) is 11.5 Å². The molecule has 0 heterocycles. The van der Waals surface area contributed by atoms with Crippen LogP contribution in [0.25, 0.3) is 5.76 Å². The molecule has 0 aliphatic carbocycles. The minimum atomic E-state index is -1.72. The average Bonchev–Trinajstić information content (AvgIpc) is 2.56. The number of carbonyl (C=O) groups is 2. The fourth-order valence-corrected chi connectivity index (χ4v) is 1.64. The van der Waals surface area contributed by atoms with E-state index in [9.17, 15) is 14.7 Å². The molecule has 0 saturated heterocycles. The number of carbonyl (C=O) groups excluding carboxylic acids is 1. The molecule has 2 aromatic carbocycles. The predicted octanol–water partition coefficient (Wildman–Crippen LogP) is 3.35. The molecular weight excluding hydrogens is 284 g/mol. The number of aliphatic hydroxyl groups excluding tert-OH is 1. The van der Waals surface area contributed by atoms with Gasteiger partial charge >= 0.3 is 5.97 Å². The van der Waals surface area contributed by atoms with Gasteiger partial charge in [0.05, 0.1) is 5.69 Å². The molecule has 110 valence electrons. The Bertz CT molecular complexity index is 737. The molecule has 0 aliphatic rings. The molecule has 0 radical (unpaired) electrons. The van der Waals surface area contributed by atoms with Gasteiger partial charge < -0.3 is 10.2 Å². The second-order valence-electron chi connectivity index (χ2n) is 4.23. The van der Waals surface area contributed by atoms with Crippen molar-refractivity contribution in [1.82, 2.24) is 0 Å². The molecule has 0 unspecified atom stereocenters. The lowest BCUT2D eigenvalue weighted by Gasteiger charge is -2.03. The molecule has 2 aromatic rings. The van der Waals surface area contributed by atoms with Crippen LogP contribution in [0.5, 0.6) is 0 Å². The number of carboxylic acids is 1. The van der Waals surface area contributed by atoms with Crippen LogP contribution in [0.3, 0.4) is 0 Å². The molecule has 0 fully saturated rings. The van der Waals surface area contributed by atoms with Gasteiger partial charge in [-0.05, 0) is 12.1 Å². The van der Waals surface area contributed by atoms with E-state index in [-0.39, 0.29) is 5.56 Å². The van der Waals surface area contributed by atoms with Crippen LogP contribution in [-0.4, -0.2) is 22.0 Å². The minimum Gasteiger partial charge on any atom is -0.505 e. The third-order valence-corrected chi connectivity index (χ3v) is 2.70. The molecule has 0 amide bonds. The summed E-state index contributed by atoms with van der Waals surface area (Å²) in [6.07, 6.45) is 0. The summed E-state index contributed by atoms with van der Waals surface area (Å²) in [6, 6.07) is 16.5. The number of ketones is 1. The van der Waals surface area contributed by atoms with Crippen LogP contribution in [0.2, 0.25) is 0 Å². The average molecular weight is 296 g/mol. The summed E-state index contributed by atoms with van der Waals surface area (Å²) in [5, 5.41) is 26.4. The summed E-state index contributed by atoms with van der Waals surface area (Å²) in [7, 11) is 0. The summed E-state index contributed by atoms with van der Waals surface area (Å²) >= 11 is 0. The topological polar surface area (TPSA) is 99.3 Å². The van der Waals surface area contributed by atoms with Crippen LogP contribution in [0.4, 0.5) is 5.69 Å². The van der Waals surface area contributed by atoms with Gasteiger partial charge in [0.25, 0.3) is 5.78 Å². The zero-order valence-corrected chi connectivity index (χ0v) is 11.4. The number of rotatable bonds is 5. The molecule has 0 atom stereocenters. The van der Waals surface area contributed by atoms with Crippen molar-refractivity contribution in [2.24, 2.45) is 10.2 Å². The van der Waals surface area contributed by atoms with Crippen LogP contribution < -0.4 is 0 Å². The quantitative estimate of drug-likeness (QED) is 0.382. The molecule has 6 nitrogen and oxygen atoms in total. The number of carboxylic acid groups (broad SMARTS) is 1. The van der Waals surface area contributed by atoms with Crippen molar-refractivity contribution < 1.29 is 19.8 Å². The van der Waals surface area contributed by atoms with Crippen molar-refractivity contribution in [2.45, 2.75) is 0 Å². The van der Waals surface area contributed by atoms with Gasteiger partial charge in [-0.3, -0.25) is 4.79 Å². The minimum absolute atomic E-state index is 0.277. The standard InChI is InChI=1S/C16H12N2O4/c19-14(11-7-3-1-4-8-11)13(15(20)16(21)22)18-17-12-9-5-2-6-10-12/h1-10,19H,(H,21,22)/b14-13+,18-17?. The number of benzene rings is 2. The third kappa shape index (κ3) is 3.63. The zero-order valence-electron chi connectivity index (χ0n) is 11.4. The SMILES string of the molecule is O=C(O)C(=O)/C(N=Nc1ccccc1)=C(\O)c1ccccc1. The van der Waals surface area contributed by atoms with Gasteiger partial charge in [0.2, 0.25) is 0 Å². The molecule has 0 aliphatic heterocycles. The fourth-order valence-electron chi connectivity index (χ4n) is 1.64. The molecular formula is C16H12N2O4. The zero-order chi connectivity index (χ0) is 15.9. The second kappa shape index (κ2) is 6.94. The lowest BCUT2D eigenvalue weighted by molar-refractivity contribution is -0.147. The van der Waals surface area contributed by atoms with E-state index < -0.39 is 23.2 Å². The van der Waals surface area contributed by atoms with Crippen molar-refractivity contribution in [3.63, 3.8) is 0 Å². The Balaban J connectivity index is 2.46. The number of Topliss-reactive ketones (excluding diaryl/α,β-unsaturated/α-hetero) is 1. The van der Waals surface area contributed by atoms with Gasteiger partial charge in [-0.1, -0.05) is 48.5 Å². The molecule has 2 rings (SSSR count). The van der Waals surface area contributed by atoms with E-state index in [0.29, 0.717) is 5.69 Å². The van der Waals surface area contributed by atoms with E-state index in [4.69, 9.17) is 5.11 Å². The number of nitrogens with zero attached hydrogens (tertiary/aromatic N) is 2. The summed E-state index contributed by atoms with van der Waals surface area (Å²) in [4.78, 5) is 22.6. The Kier molecular flexibility index (Phi) is 4.77. The molecule has 6 heteroatoms. The van der Waals surface area contributed by atoms with E-state index in [1.54, 1.807) is 48.5 Å². The Morgan fingerprint density at radius 3 is 1.91 bits per heavy atom. The first kappa shape index (κ1) is 15.1. The van der Waals surface area contributed by atoms with Crippen LogP contribution >= 0.6 is 0 Å². The second-order valence-corrected chi connectivity index (χ2v) is 4.23. The van der Waals surface area contributed by atoms with Crippen LogP contribution in [0, 0.1) is 0 Å². The van der Waals surface area contributed by atoms with E-state index in [0.717, 1.165) is 0 Å². The molecule has 0 bridgehead atoms. The number of hydrogen-bond donors (Lipinski definition) is 2. The van der Waals surface area contributed by atoms with Gasteiger partial charge in [0.1, 0.15) is 0 Å². The Morgan fingerprint density at radius 2 is 1.36 bits per heavy atom. The molecule has 22 heavy (non-hydrogen) atoms. The number of aliphatic carboxylic acids is 1. The highest BCUT2D eigenvalue weighted by Crippen LogP contribution is 2.20. The van der Waals surface area contributed by atoms with Crippen molar-refractivity contribution in [3.8, 4) is 0 Å². The van der Waals surface area contributed by atoms with Gasteiger partial charge in [0, 0.05) is 5.56 Å². The first-order valence-electron chi connectivity index (χ1n) is 6.32. The fraction of sp³-hybridized carbons (Fsp3) is 0. The molecule has 2 N–H and O–H groups in total. The van der Waals surface area contributed by atoms with Gasteiger partial charge in [-0.15, -0.1) is 5.11 Å². The maximum atomic E-state index is 11.7. The third-order valence-electron chi connectivity index (χ3n) is 2.70.